The number of benzene rings is 1. The fourth-order valence-electron chi connectivity index (χ4n) is 3.17. The fourth-order valence-corrected chi connectivity index (χ4v) is 4.71. The summed E-state index contributed by atoms with van der Waals surface area (Å²) < 4.78 is 40.6. The second-order valence-electron chi connectivity index (χ2n) is 6.39. The first kappa shape index (κ1) is 21.0. The molecule has 0 amide bonds. The normalized spacial score (nSPS) is 19.0. The van der Waals surface area contributed by atoms with Crippen molar-refractivity contribution >= 4 is 27.6 Å². The van der Waals surface area contributed by atoms with Gasteiger partial charge in [-0.1, -0.05) is 11.6 Å². The molecule has 0 spiro atoms. The van der Waals surface area contributed by atoms with Crippen LogP contribution in [0.1, 0.15) is 23.2 Å². The highest BCUT2D eigenvalue weighted by Gasteiger charge is 2.30. The molecule has 0 bridgehead atoms. The van der Waals surface area contributed by atoms with Gasteiger partial charge in [-0.3, -0.25) is 0 Å². The molecule has 1 atom stereocenters. The number of rotatable bonds is 7. The van der Waals surface area contributed by atoms with Gasteiger partial charge in [0.2, 0.25) is 10.0 Å². The molecule has 1 aromatic carbocycles. The van der Waals surface area contributed by atoms with Gasteiger partial charge in [0, 0.05) is 26.7 Å². The Bertz CT molecular complexity index is 772. The van der Waals surface area contributed by atoms with Gasteiger partial charge in [0.05, 0.1) is 17.2 Å². The molecule has 0 saturated carbocycles. The Kier molecular flexibility index (Phi) is 6.98. The van der Waals surface area contributed by atoms with Crippen molar-refractivity contribution in [3.8, 4) is 0 Å². The van der Waals surface area contributed by atoms with Gasteiger partial charge in [0.15, 0.2) is 0 Å². The lowest BCUT2D eigenvalue weighted by Crippen LogP contribution is -2.42. The van der Waals surface area contributed by atoms with E-state index in [1.807, 2.05) is 0 Å². The minimum Gasteiger partial charge on any atom is -0.478 e. The van der Waals surface area contributed by atoms with E-state index in [9.17, 15) is 17.6 Å². The number of aromatic carboxylic acids is 1. The van der Waals surface area contributed by atoms with E-state index in [1.165, 1.54) is 7.05 Å². The van der Waals surface area contributed by atoms with E-state index in [-0.39, 0.29) is 24.1 Å². The van der Waals surface area contributed by atoms with Crippen LogP contribution in [0.25, 0.3) is 0 Å². The summed E-state index contributed by atoms with van der Waals surface area (Å²) in [6.07, 6.45) is 1.71. The average molecular weight is 409 g/mol. The van der Waals surface area contributed by atoms with Crippen molar-refractivity contribution in [3.05, 3.63) is 28.5 Å². The zero-order valence-corrected chi connectivity index (χ0v) is 15.9. The maximum atomic E-state index is 14.2. The molecule has 26 heavy (non-hydrogen) atoms. The highest BCUT2D eigenvalue weighted by molar-refractivity contribution is 7.89. The first-order valence-corrected chi connectivity index (χ1v) is 10.0. The van der Waals surface area contributed by atoms with Gasteiger partial charge >= 0.3 is 5.97 Å². The molecular formula is C16H22ClFN2O5S. The summed E-state index contributed by atoms with van der Waals surface area (Å²) in [6, 6.07) is 1.46. The third kappa shape index (κ3) is 4.72. The van der Waals surface area contributed by atoms with Crippen molar-refractivity contribution in [2.75, 3.05) is 39.8 Å². The number of hydrogen-bond acceptors (Lipinski definition) is 5. The molecule has 7 nitrogen and oxygen atoms in total. The standard InChI is InChI=1S/C16H22ClFN2O5S/c1-19(9-11-3-2-4-20(10-11)5-6-21)26(24,25)15-7-12(16(22)23)13(17)8-14(15)18/h7-8,11,21H,2-6,9-10H2,1H3,(H,22,23). The lowest BCUT2D eigenvalue weighted by Gasteiger charge is -2.34. The number of aliphatic hydroxyl groups excluding tert-OH is 1. The van der Waals surface area contributed by atoms with Crippen molar-refractivity contribution in [3.63, 3.8) is 0 Å². The van der Waals surface area contributed by atoms with Gasteiger partial charge in [-0.15, -0.1) is 0 Å². The molecule has 0 aromatic heterocycles. The number of aliphatic hydroxyl groups is 1. The number of sulfonamides is 1. The molecule has 2 rings (SSSR count). The molecule has 0 aliphatic carbocycles. The predicted octanol–water partition coefficient (Wildman–Crippen LogP) is 1.50. The smallest absolute Gasteiger partial charge is 0.337 e. The van der Waals surface area contributed by atoms with Gasteiger partial charge in [0.25, 0.3) is 0 Å². The second-order valence-corrected chi connectivity index (χ2v) is 8.81. The monoisotopic (exact) mass is 408 g/mol. The highest BCUT2D eigenvalue weighted by Crippen LogP contribution is 2.27. The van der Waals surface area contributed by atoms with Crippen molar-refractivity contribution in [1.82, 2.24) is 9.21 Å². The van der Waals surface area contributed by atoms with E-state index < -0.39 is 32.3 Å². The number of halogens is 2. The molecular weight excluding hydrogens is 387 g/mol. The van der Waals surface area contributed by atoms with E-state index in [1.54, 1.807) is 0 Å². The summed E-state index contributed by atoms with van der Waals surface area (Å²) in [7, 11) is -2.86. The molecule has 1 fully saturated rings. The van der Waals surface area contributed by atoms with Crippen molar-refractivity contribution in [2.24, 2.45) is 5.92 Å². The summed E-state index contributed by atoms with van der Waals surface area (Å²) in [4.78, 5) is 12.5. The Balaban J connectivity index is 2.21. The number of carboxylic acid groups (broad SMARTS) is 1. The molecule has 0 radical (unpaired) electrons. The van der Waals surface area contributed by atoms with E-state index in [0.29, 0.717) is 19.2 Å². The summed E-state index contributed by atoms with van der Waals surface area (Å²) >= 11 is 5.67. The first-order valence-electron chi connectivity index (χ1n) is 8.18. The van der Waals surface area contributed by atoms with E-state index >= 15 is 0 Å². The molecule has 146 valence electrons. The Labute approximate surface area is 157 Å². The first-order chi connectivity index (χ1) is 12.2. The minimum absolute atomic E-state index is 0.0365. The third-order valence-electron chi connectivity index (χ3n) is 4.47. The molecule has 1 aromatic rings. The molecule has 10 heteroatoms. The maximum absolute atomic E-state index is 14.2. The van der Waals surface area contributed by atoms with E-state index in [2.05, 4.69) is 4.90 Å². The van der Waals surface area contributed by atoms with Crippen LogP contribution >= 0.6 is 11.6 Å². The van der Waals surface area contributed by atoms with Crippen LogP contribution in [0, 0.1) is 11.7 Å². The maximum Gasteiger partial charge on any atom is 0.337 e. The Hall–Kier alpha value is -1.26. The molecule has 1 unspecified atom stereocenters. The van der Waals surface area contributed by atoms with Crippen molar-refractivity contribution in [1.29, 1.82) is 0 Å². The highest BCUT2D eigenvalue weighted by atomic mass is 35.5. The number of piperidine rings is 1. The molecule has 2 N–H and O–H groups in total. The Morgan fingerprint density at radius 3 is 2.77 bits per heavy atom. The van der Waals surface area contributed by atoms with Crippen LogP contribution in [0.5, 0.6) is 0 Å². The van der Waals surface area contributed by atoms with Crippen LogP contribution in [-0.2, 0) is 10.0 Å². The lowest BCUT2D eigenvalue weighted by atomic mass is 9.98. The average Bonchev–Trinajstić information content (AvgIpc) is 2.54. The molecule has 1 aliphatic heterocycles. The number of carbonyl (C=O) groups is 1. The molecule has 1 saturated heterocycles. The van der Waals surface area contributed by atoms with E-state index in [4.69, 9.17) is 21.8 Å². The summed E-state index contributed by atoms with van der Waals surface area (Å²) in [5.74, 6) is -2.47. The Morgan fingerprint density at radius 2 is 2.15 bits per heavy atom. The quantitative estimate of drug-likeness (QED) is 0.709. The van der Waals surface area contributed by atoms with Crippen LogP contribution in [0.3, 0.4) is 0 Å². The number of carboxylic acids is 1. The zero-order chi connectivity index (χ0) is 19.5. The van der Waals surface area contributed by atoms with E-state index in [0.717, 1.165) is 29.8 Å². The van der Waals surface area contributed by atoms with Gasteiger partial charge in [-0.25, -0.2) is 21.9 Å². The predicted molar refractivity (Wildman–Crippen MR) is 94.4 cm³/mol. The zero-order valence-electron chi connectivity index (χ0n) is 14.4. The summed E-state index contributed by atoms with van der Waals surface area (Å²) in [6.45, 7) is 2.23. The van der Waals surface area contributed by atoms with Gasteiger partial charge in [0.1, 0.15) is 10.7 Å². The van der Waals surface area contributed by atoms with Crippen LogP contribution in [0.2, 0.25) is 5.02 Å². The lowest BCUT2D eigenvalue weighted by molar-refractivity contribution is 0.0696. The number of hydrogen-bond donors (Lipinski definition) is 2. The van der Waals surface area contributed by atoms with Gasteiger partial charge in [-0.2, -0.15) is 0 Å². The van der Waals surface area contributed by atoms with Gasteiger partial charge < -0.3 is 15.1 Å². The fraction of sp³-hybridized carbons (Fsp3) is 0.562. The minimum atomic E-state index is -4.20. The summed E-state index contributed by atoms with van der Waals surface area (Å²) in [5.41, 5.74) is -0.466. The largest absolute Gasteiger partial charge is 0.478 e. The van der Waals surface area contributed by atoms with Crippen LogP contribution in [0.4, 0.5) is 4.39 Å². The van der Waals surface area contributed by atoms with Crippen LogP contribution < -0.4 is 0 Å². The Morgan fingerprint density at radius 1 is 1.46 bits per heavy atom. The van der Waals surface area contributed by atoms with Crippen LogP contribution in [-0.4, -0.2) is 73.6 Å². The number of β-amino-alcohol motifs (C(OH)–C–C–N with tert-alkyl or cyclic N) is 1. The number of nitrogens with zero attached hydrogens (tertiary/aromatic N) is 2. The van der Waals surface area contributed by atoms with Crippen molar-refractivity contribution in [2.45, 2.75) is 17.7 Å². The summed E-state index contributed by atoms with van der Waals surface area (Å²) in [5, 5.41) is 17.8. The second kappa shape index (κ2) is 8.62. The topological polar surface area (TPSA) is 98.2 Å². The van der Waals surface area contributed by atoms with Gasteiger partial charge in [-0.05, 0) is 37.4 Å². The molecule has 1 aliphatic rings. The third-order valence-corrected chi connectivity index (χ3v) is 6.63. The molecule has 1 heterocycles. The number of likely N-dealkylation sites (tertiary alicyclic amines) is 1. The van der Waals surface area contributed by atoms with Crippen LogP contribution in [0.15, 0.2) is 17.0 Å². The SMILES string of the molecule is CN(CC1CCCN(CCO)C1)S(=O)(=O)c1cc(C(=O)O)c(Cl)cc1F. The van der Waals surface area contributed by atoms with Crippen molar-refractivity contribution < 1.29 is 27.8 Å².